The number of nitriles is 1. The smallest absolute Gasteiger partial charge is 0.246 e. The maximum absolute atomic E-state index is 15.9. The molecule has 2 N–H and O–H groups in total. The van der Waals surface area contributed by atoms with Crippen molar-refractivity contribution in [2.75, 3.05) is 39.8 Å². The summed E-state index contributed by atoms with van der Waals surface area (Å²) in [7, 11) is 2.17. The second-order valence-corrected chi connectivity index (χ2v) is 17.2. The van der Waals surface area contributed by atoms with Crippen LogP contribution in [0.25, 0.3) is 0 Å². The summed E-state index contributed by atoms with van der Waals surface area (Å²) in [5, 5.41) is 17.3. The number of Topliss-reactive ketones (excluding diaryl/α,β-unsaturated/α-hetero) is 1. The highest BCUT2D eigenvalue weighted by Gasteiger charge is 2.67. The molecule has 1 aromatic rings. The normalized spacial score (nSPS) is 37.7. The van der Waals surface area contributed by atoms with Gasteiger partial charge in [0.25, 0.3) is 0 Å². The molecule has 11 heteroatoms. The van der Waals surface area contributed by atoms with Gasteiger partial charge in [0.1, 0.15) is 0 Å². The molecule has 7 rings (SSSR count). The number of likely N-dealkylation sites (N-methyl/N-ethyl adjacent to an activating group) is 1. The van der Waals surface area contributed by atoms with Crippen LogP contribution in [-0.2, 0) is 20.7 Å². The number of piperazine rings is 1. The topological polar surface area (TPSA) is 101 Å². The Labute approximate surface area is 301 Å². The summed E-state index contributed by atoms with van der Waals surface area (Å²) < 4.78 is 6.07. The number of thioether (sulfide) groups is 1. The summed E-state index contributed by atoms with van der Waals surface area (Å²) in [5.41, 5.74) is 0.403. The predicted molar refractivity (Wildman–Crippen MR) is 193 cm³/mol. The maximum atomic E-state index is 15.9. The fourth-order valence-electron chi connectivity index (χ4n) is 10.1. The zero-order valence-electron chi connectivity index (χ0n) is 29.0. The Morgan fingerprint density at radius 1 is 1.12 bits per heavy atom. The molecule has 4 heterocycles. The van der Waals surface area contributed by atoms with Crippen molar-refractivity contribution in [3.8, 4) is 6.07 Å². The van der Waals surface area contributed by atoms with E-state index in [9.17, 15) is 10.1 Å². The number of nitrogens with one attached hydrogen (secondary N) is 2. The molecule has 1 spiro atoms. The van der Waals surface area contributed by atoms with Crippen LogP contribution in [0, 0.1) is 23.2 Å². The Bertz CT molecular complexity index is 1430. The van der Waals surface area contributed by atoms with Gasteiger partial charge >= 0.3 is 0 Å². The third-order valence-corrected chi connectivity index (χ3v) is 15.0. The Balaban J connectivity index is 1.28. The van der Waals surface area contributed by atoms with E-state index in [2.05, 4.69) is 64.4 Å². The van der Waals surface area contributed by atoms with Crippen LogP contribution in [0.1, 0.15) is 76.2 Å². The quantitative estimate of drug-likeness (QED) is 0.233. The molecular weight excluding hydrogens is 656 g/mol. The predicted octanol–water partition coefficient (Wildman–Crippen LogP) is 4.90. The average molecular weight is 709 g/mol. The van der Waals surface area contributed by atoms with Crippen LogP contribution in [0.15, 0.2) is 41.8 Å². The molecule has 0 radical (unpaired) electrons. The molecule has 7 unspecified atom stereocenters. The highest BCUT2D eigenvalue weighted by molar-refractivity contribution is 8.01. The van der Waals surface area contributed by atoms with Crippen molar-refractivity contribution in [1.82, 2.24) is 25.3 Å². The SMILES string of the molecule is C=CC(=O)N1CCN(C2NC(OCC3CCCN3C)NC3(C4CCCCCC4)C(=O)[C@@]4(CCC23)Sc2ccccc2CC4Cl)CC1CC#N. The first-order valence-corrected chi connectivity index (χ1v) is 19.9. The minimum atomic E-state index is -0.823. The second kappa shape index (κ2) is 14.9. The lowest BCUT2D eigenvalue weighted by Crippen LogP contribution is -2.83. The molecule has 3 saturated heterocycles. The van der Waals surface area contributed by atoms with Gasteiger partial charge in [-0.05, 0) is 82.2 Å². The Kier molecular flexibility index (Phi) is 10.8. The van der Waals surface area contributed by atoms with Crippen LogP contribution in [-0.4, -0.2) is 106 Å². The second-order valence-electron chi connectivity index (χ2n) is 15.3. The summed E-state index contributed by atoms with van der Waals surface area (Å²) >= 11 is 9.14. The van der Waals surface area contributed by atoms with Gasteiger partial charge in [-0.2, -0.15) is 5.26 Å². The van der Waals surface area contributed by atoms with Crippen molar-refractivity contribution in [1.29, 1.82) is 5.26 Å². The van der Waals surface area contributed by atoms with E-state index in [1.807, 2.05) is 0 Å². The Morgan fingerprint density at radius 3 is 2.65 bits per heavy atom. The minimum absolute atomic E-state index is 0.0197. The maximum Gasteiger partial charge on any atom is 0.246 e. The number of halogens is 1. The fourth-order valence-corrected chi connectivity index (χ4v) is 12.2. The van der Waals surface area contributed by atoms with Crippen molar-refractivity contribution in [2.45, 2.75) is 122 Å². The first kappa shape index (κ1) is 35.4. The van der Waals surface area contributed by atoms with Crippen molar-refractivity contribution in [2.24, 2.45) is 11.8 Å². The number of benzene rings is 1. The molecule has 2 aliphatic carbocycles. The van der Waals surface area contributed by atoms with Gasteiger partial charge in [-0.25, -0.2) is 0 Å². The number of likely N-dealkylation sites (tertiary alicyclic amines) is 1. The third kappa shape index (κ3) is 6.52. The van der Waals surface area contributed by atoms with E-state index in [0.29, 0.717) is 45.1 Å². The standard InChI is InChI=1S/C38H53ClN6O3S/c1-3-33(46)45-22-21-44(24-28(45)17-19-40)34-30-16-18-37(32(39)23-26-11-8-9-15-31(26)49-37)35(47)38(30,27-12-6-4-5-7-13-27)42-36(41-34)48-25-29-14-10-20-43(29)2/h3,8-9,11,15,27-30,32,34,36,41-42H,1,4-7,10,12-14,16-18,20-25H2,2H3/t28?,29?,30?,32?,34?,36?,37-,38?/m0/s1. The molecule has 8 atom stereocenters. The molecule has 6 aliphatic rings. The van der Waals surface area contributed by atoms with Gasteiger partial charge in [-0.1, -0.05) is 50.5 Å². The molecule has 266 valence electrons. The number of amides is 1. The van der Waals surface area contributed by atoms with Crippen molar-refractivity contribution in [3.63, 3.8) is 0 Å². The largest absolute Gasteiger partial charge is 0.348 e. The van der Waals surface area contributed by atoms with Gasteiger partial charge in [0.05, 0.1) is 47.0 Å². The lowest BCUT2D eigenvalue weighted by molar-refractivity contribution is -0.168. The number of alkyl halides is 1. The van der Waals surface area contributed by atoms with Gasteiger partial charge in [0.15, 0.2) is 12.1 Å². The van der Waals surface area contributed by atoms with E-state index >= 15 is 4.79 Å². The highest BCUT2D eigenvalue weighted by atomic mass is 35.5. The number of carbonyl (C=O) groups is 2. The van der Waals surface area contributed by atoms with Gasteiger partial charge < -0.3 is 14.5 Å². The molecule has 9 nitrogen and oxygen atoms in total. The number of fused-ring (bicyclic) bond motifs is 2. The van der Waals surface area contributed by atoms with E-state index in [-0.39, 0.29) is 47.5 Å². The summed E-state index contributed by atoms with van der Waals surface area (Å²) in [6, 6.07) is 10.9. The first-order valence-electron chi connectivity index (χ1n) is 18.7. The van der Waals surface area contributed by atoms with Crippen LogP contribution >= 0.6 is 23.4 Å². The van der Waals surface area contributed by atoms with E-state index in [4.69, 9.17) is 16.3 Å². The molecule has 49 heavy (non-hydrogen) atoms. The van der Waals surface area contributed by atoms with Crippen LogP contribution in [0.5, 0.6) is 0 Å². The highest BCUT2D eigenvalue weighted by Crippen LogP contribution is 2.58. The first-order chi connectivity index (χ1) is 23.8. The van der Waals surface area contributed by atoms with Crippen molar-refractivity contribution < 1.29 is 14.3 Å². The summed E-state index contributed by atoms with van der Waals surface area (Å²) in [5.74, 6) is 0.267. The van der Waals surface area contributed by atoms with Crippen LogP contribution in [0.3, 0.4) is 0 Å². The molecule has 1 aromatic carbocycles. The molecule has 2 saturated carbocycles. The number of hydrogen-bond donors (Lipinski definition) is 2. The summed E-state index contributed by atoms with van der Waals surface area (Å²) in [4.78, 5) is 36.5. The zero-order chi connectivity index (χ0) is 34.2. The van der Waals surface area contributed by atoms with Crippen LogP contribution in [0.4, 0.5) is 0 Å². The average Bonchev–Trinajstić information content (AvgIpc) is 3.33. The Hall–Kier alpha value is -1.97. The van der Waals surface area contributed by atoms with Crippen molar-refractivity contribution >= 4 is 35.1 Å². The van der Waals surface area contributed by atoms with E-state index in [0.717, 1.165) is 51.5 Å². The number of carbonyl (C=O) groups excluding carboxylic acids is 2. The number of hydrogen-bond acceptors (Lipinski definition) is 9. The fraction of sp³-hybridized carbons (Fsp3) is 0.711. The van der Waals surface area contributed by atoms with Crippen LogP contribution < -0.4 is 10.6 Å². The van der Waals surface area contributed by atoms with E-state index in [1.54, 1.807) is 16.7 Å². The lowest BCUT2D eigenvalue weighted by Gasteiger charge is -2.63. The molecule has 1 amide bonds. The third-order valence-electron chi connectivity index (χ3n) is 12.7. The van der Waals surface area contributed by atoms with Gasteiger partial charge in [0.2, 0.25) is 5.91 Å². The number of nitrogens with zero attached hydrogens (tertiary/aromatic N) is 4. The van der Waals surface area contributed by atoms with Crippen molar-refractivity contribution in [3.05, 3.63) is 42.5 Å². The van der Waals surface area contributed by atoms with Gasteiger partial charge in [-0.3, -0.25) is 25.1 Å². The van der Waals surface area contributed by atoms with E-state index in [1.165, 1.54) is 29.4 Å². The molecule has 0 aromatic heterocycles. The number of ketones is 1. The number of ether oxygens (including phenoxy) is 1. The van der Waals surface area contributed by atoms with Crippen LogP contribution in [0.2, 0.25) is 0 Å². The number of rotatable bonds is 7. The van der Waals surface area contributed by atoms with Gasteiger partial charge in [0, 0.05) is 36.5 Å². The Morgan fingerprint density at radius 2 is 1.92 bits per heavy atom. The monoisotopic (exact) mass is 708 g/mol. The molecule has 5 fully saturated rings. The molecule has 0 bridgehead atoms. The lowest BCUT2D eigenvalue weighted by atomic mass is 9.57. The van der Waals surface area contributed by atoms with E-state index < -0.39 is 16.6 Å². The zero-order valence-corrected chi connectivity index (χ0v) is 30.5. The summed E-state index contributed by atoms with van der Waals surface area (Å²) in [6.45, 7) is 7.09. The minimum Gasteiger partial charge on any atom is -0.348 e. The van der Waals surface area contributed by atoms with Gasteiger partial charge in [-0.15, -0.1) is 23.4 Å². The molecular formula is C38H53ClN6O3S. The molecule has 4 aliphatic heterocycles. The summed E-state index contributed by atoms with van der Waals surface area (Å²) in [6.07, 6.45) is 12.1.